The standard InChI is InChI=1S/C25H37N/c1-7-21-11-14-23(15-12-21)19(4)24-16-13-22(17-18(2)3)9-8-10-25(24)20(5)26-6/h11-12,14-15,22,25H,2,7-10,13,16-17H2,1,3-6H3/b24-19+,26-20-. The first-order valence-corrected chi connectivity index (χ1v) is 10.3. The predicted octanol–water partition coefficient (Wildman–Crippen LogP) is 7.28. The number of rotatable bonds is 5. The van der Waals surface area contributed by atoms with Crippen molar-refractivity contribution in [3.05, 3.63) is 53.1 Å². The summed E-state index contributed by atoms with van der Waals surface area (Å²) in [4.78, 5) is 4.57. The Morgan fingerprint density at radius 3 is 2.35 bits per heavy atom. The van der Waals surface area contributed by atoms with Gasteiger partial charge in [0.25, 0.3) is 0 Å². The zero-order valence-corrected chi connectivity index (χ0v) is 17.6. The average Bonchev–Trinajstić information content (AvgIpc) is 2.62. The SMILES string of the molecule is C=C(C)CC1CCCC(/C(C)=N\C)/C(=C(\C)c2ccc(CC)cc2)CC1. The van der Waals surface area contributed by atoms with Gasteiger partial charge in [-0.25, -0.2) is 0 Å². The van der Waals surface area contributed by atoms with Crippen LogP contribution in [0.15, 0.2) is 47.0 Å². The lowest BCUT2D eigenvalue weighted by Gasteiger charge is -2.29. The fourth-order valence-electron chi connectivity index (χ4n) is 4.40. The summed E-state index contributed by atoms with van der Waals surface area (Å²) in [5.41, 5.74) is 8.50. The van der Waals surface area contributed by atoms with Crippen molar-refractivity contribution in [3.8, 4) is 0 Å². The molecule has 142 valence electrons. The second kappa shape index (κ2) is 9.90. The minimum atomic E-state index is 0.511. The van der Waals surface area contributed by atoms with Gasteiger partial charge < -0.3 is 0 Å². The zero-order valence-electron chi connectivity index (χ0n) is 17.6. The van der Waals surface area contributed by atoms with Gasteiger partial charge in [0.15, 0.2) is 0 Å². The number of nitrogens with zero attached hydrogens (tertiary/aromatic N) is 1. The monoisotopic (exact) mass is 351 g/mol. The Kier molecular flexibility index (Phi) is 7.87. The molecular weight excluding hydrogens is 314 g/mol. The molecule has 26 heavy (non-hydrogen) atoms. The van der Waals surface area contributed by atoms with E-state index in [0.29, 0.717) is 5.92 Å². The lowest BCUT2D eigenvalue weighted by atomic mass is 9.76. The number of aliphatic imine (C=N–C) groups is 1. The Hall–Kier alpha value is -1.63. The first-order valence-electron chi connectivity index (χ1n) is 10.3. The predicted molar refractivity (Wildman–Crippen MR) is 117 cm³/mol. The molecule has 1 fully saturated rings. The molecule has 0 spiro atoms. The van der Waals surface area contributed by atoms with E-state index in [4.69, 9.17) is 0 Å². The molecule has 1 aromatic carbocycles. The van der Waals surface area contributed by atoms with Crippen LogP contribution in [0.3, 0.4) is 0 Å². The van der Waals surface area contributed by atoms with Gasteiger partial charge in [0.05, 0.1) is 0 Å². The summed E-state index contributed by atoms with van der Waals surface area (Å²) in [6.45, 7) is 13.1. The van der Waals surface area contributed by atoms with Crippen LogP contribution < -0.4 is 0 Å². The van der Waals surface area contributed by atoms with Gasteiger partial charge in [-0.05, 0) is 75.5 Å². The lowest BCUT2D eigenvalue weighted by molar-refractivity contribution is 0.392. The second-order valence-corrected chi connectivity index (χ2v) is 8.12. The van der Waals surface area contributed by atoms with Crippen LogP contribution >= 0.6 is 0 Å². The number of hydrogen-bond donors (Lipinski definition) is 0. The van der Waals surface area contributed by atoms with E-state index in [0.717, 1.165) is 12.3 Å². The van der Waals surface area contributed by atoms with E-state index in [1.54, 1.807) is 5.57 Å². The van der Waals surface area contributed by atoms with Crippen molar-refractivity contribution in [1.29, 1.82) is 0 Å². The number of benzene rings is 1. The summed E-state index contributed by atoms with van der Waals surface area (Å²) in [7, 11) is 1.95. The van der Waals surface area contributed by atoms with Crippen molar-refractivity contribution in [1.82, 2.24) is 0 Å². The molecule has 0 bridgehead atoms. The molecule has 1 aromatic rings. The highest BCUT2D eigenvalue weighted by Crippen LogP contribution is 2.37. The quantitative estimate of drug-likeness (QED) is 0.390. The molecule has 1 aliphatic rings. The van der Waals surface area contributed by atoms with E-state index in [9.17, 15) is 0 Å². The first-order chi connectivity index (χ1) is 12.5. The van der Waals surface area contributed by atoms with Crippen LogP contribution in [0.4, 0.5) is 0 Å². The topological polar surface area (TPSA) is 12.4 Å². The third-order valence-electron chi connectivity index (χ3n) is 6.12. The Bertz CT molecular complexity index is 660. The van der Waals surface area contributed by atoms with Crippen LogP contribution in [0.25, 0.3) is 5.57 Å². The number of allylic oxidation sites excluding steroid dienone is 3. The summed E-state index contributed by atoms with van der Waals surface area (Å²) in [6.07, 6.45) is 8.61. The fraction of sp³-hybridized carbons (Fsp3) is 0.560. The molecule has 0 aliphatic heterocycles. The van der Waals surface area contributed by atoms with Crippen LogP contribution in [-0.2, 0) is 6.42 Å². The van der Waals surface area contributed by atoms with Crippen molar-refractivity contribution in [2.45, 2.75) is 72.6 Å². The van der Waals surface area contributed by atoms with E-state index in [2.05, 4.69) is 63.5 Å². The maximum Gasteiger partial charge on any atom is 0.0276 e. The molecule has 1 saturated carbocycles. The van der Waals surface area contributed by atoms with Crippen molar-refractivity contribution < 1.29 is 0 Å². The first kappa shape index (κ1) is 20.7. The Morgan fingerprint density at radius 1 is 1.08 bits per heavy atom. The van der Waals surface area contributed by atoms with Gasteiger partial charge >= 0.3 is 0 Å². The third-order valence-corrected chi connectivity index (χ3v) is 6.12. The molecule has 0 heterocycles. The highest BCUT2D eigenvalue weighted by atomic mass is 14.7. The van der Waals surface area contributed by atoms with Gasteiger partial charge in [0.2, 0.25) is 0 Å². The van der Waals surface area contributed by atoms with Crippen molar-refractivity contribution in [2.75, 3.05) is 7.05 Å². The summed E-state index contributed by atoms with van der Waals surface area (Å²) in [5, 5.41) is 0. The summed E-state index contributed by atoms with van der Waals surface area (Å²) >= 11 is 0. The Morgan fingerprint density at radius 2 is 1.77 bits per heavy atom. The maximum absolute atomic E-state index is 4.57. The molecule has 1 nitrogen and oxygen atoms in total. The van der Waals surface area contributed by atoms with Crippen LogP contribution in [0.1, 0.15) is 77.3 Å². The molecule has 0 N–H and O–H groups in total. The number of hydrogen-bond acceptors (Lipinski definition) is 1. The van der Waals surface area contributed by atoms with Crippen LogP contribution in [0.5, 0.6) is 0 Å². The van der Waals surface area contributed by atoms with Crippen molar-refractivity contribution >= 4 is 11.3 Å². The zero-order chi connectivity index (χ0) is 19.1. The molecule has 0 radical (unpaired) electrons. The Labute approximate surface area is 161 Å². The minimum Gasteiger partial charge on any atom is -0.297 e. The van der Waals surface area contributed by atoms with E-state index >= 15 is 0 Å². The lowest BCUT2D eigenvalue weighted by Crippen LogP contribution is -2.19. The summed E-state index contributed by atoms with van der Waals surface area (Å²) in [5.74, 6) is 1.30. The van der Waals surface area contributed by atoms with E-state index in [1.165, 1.54) is 66.5 Å². The smallest absolute Gasteiger partial charge is 0.0276 e. The largest absolute Gasteiger partial charge is 0.297 e. The van der Waals surface area contributed by atoms with Gasteiger partial charge in [-0.1, -0.05) is 55.2 Å². The highest BCUT2D eigenvalue weighted by molar-refractivity contribution is 5.89. The van der Waals surface area contributed by atoms with E-state index in [1.807, 2.05) is 7.05 Å². The maximum atomic E-state index is 4.57. The van der Waals surface area contributed by atoms with Crippen molar-refractivity contribution in [2.24, 2.45) is 16.8 Å². The van der Waals surface area contributed by atoms with Crippen LogP contribution in [0.2, 0.25) is 0 Å². The fourth-order valence-corrected chi connectivity index (χ4v) is 4.40. The van der Waals surface area contributed by atoms with E-state index < -0.39 is 0 Å². The molecule has 1 heteroatoms. The molecule has 0 saturated heterocycles. The molecule has 2 atom stereocenters. The number of aryl methyl sites for hydroxylation is 1. The summed E-state index contributed by atoms with van der Waals surface area (Å²) in [6, 6.07) is 9.17. The molecular formula is C25H37N. The highest BCUT2D eigenvalue weighted by Gasteiger charge is 2.24. The van der Waals surface area contributed by atoms with Gasteiger partial charge in [0.1, 0.15) is 0 Å². The minimum absolute atomic E-state index is 0.511. The summed E-state index contributed by atoms with van der Waals surface area (Å²) < 4.78 is 0. The van der Waals surface area contributed by atoms with Gasteiger partial charge in [-0.3, -0.25) is 4.99 Å². The van der Waals surface area contributed by atoms with Crippen molar-refractivity contribution in [3.63, 3.8) is 0 Å². The Balaban J connectivity index is 2.36. The second-order valence-electron chi connectivity index (χ2n) is 8.12. The molecule has 2 rings (SSSR count). The van der Waals surface area contributed by atoms with Crippen LogP contribution in [-0.4, -0.2) is 12.8 Å². The normalized spacial score (nSPS) is 24.0. The van der Waals surface area contributed by atoms with E-state index in [-0.39, 0.29) is 0 Å². The van der Waals surface area contributed by atoms with Crippen LogP contribution in [0, 0.1) is 11.8 Å². The molecule has 2 unspecified atom stereocenters. The van der Waals surface area contributed by atoms with Gasteiger partial charge in [-0.2, -0.15) is 0 Å². The third kappa shape index (κ3) is 5.43. The molecule has 0 amide bonds. The van der Waals surface area contributed by atoms with Gasteiger partial charge in [-0.15, -0.1) is 6.58 Å². The molecule has 0 aromatic heterocycles. The molecule has 1 aliphatic carbocycles. The van der Waals surface area contributed by atoms with Gasteiger partial charge in [0, 0.05) is 18.7 Å². The average molecular weight is 352 g/mol.